The lowest BCUT2D eigenvalue weighted by atomic mass is 10.1. The van der Waals surface area contributed by atoms with Crippen LogP contribution in [0, 0.1) is 5.41 Å². The minimum absolute atomic E-state index is 0.0722. The molecule has 3 heterocycles. The Bertz CT molecular complexity index is 1210. The number of nitrogens with one attached hydrogen (secondary N) is 3. The first-order valence-electron chi connectivity index (χ1n) is 9.75. The maximum Gasteiger partial charge on any atom is 0.431 e. The normalized spacial score (nSPS) is 13.1. The van der Waals surface area contributed by atoms with Gasteiger partial charge in [0.1, 0.15) is 11.4 Å². The molecule has 0 radical (unpaired) electrons. The Balaban J connectivity index is 1.45. The summed E-state index contributed by atoms with van der Waals surface area (Å²) in [6, 6.07) is 10.6. The van der Waals surface area contributed by atoms with Crippen molar-refractivity contribution in [2.75, 3.05) is 17.2 Å². The predicted molar refractivity (Wildman–Crippen MR) is 114 cm³/mol. The second kappa shape index (κ2) is 9.07. The van der Waals surface area contributed by atoms with Crippen LogP contribution < -0.4 is 15.4 Å². The highest BCUT2D eigenvalue weighted by Crippen LogP contribution is 2.28. The lowest BCUT2D eigenvalue weighted by Crippen LogP contribution is -2.21. The molecule has 0 saturated carbocycles. The number of hydrogen-bond acceptors (Lipinski definition) is 7. The highest BCUT2D eigenvalue weighted by molar-refractivity contribution is 6.07. The number of fused-ring (bicyclic) bond motifs is 1. The van der Waals surface area contributed by atoms with Crippen LogP contribution in [0.4, 0.5) is 24.8 Å². The Hall–Kier alpha value is -4.28. The quantitative estimate of drug-likeness (QED) is 0.486. The number of amides is 1. The van der Waals surface area contributed by atoms with Gasteiger partial charge < -0.3 is 20.8 Å². The molecule has 2 aromatic heterocycles. The molecule has 1 aliphatic rings. The lowest BCUT2D eigenvalue weighted by molar-refractivity contribution is -0.0901. The molecule has 3 N–H and O–H groups in total. The number of hydrogen-bond donors (Lipinski definition) is 3. The predicted octanol–water partition coefficient (Wildman–Crippen LogP) is 3.98. The second-order valence-electron chi connectivity index (χ2n) is 7.02. The van der Waals surface area contributed by atoms with E-state index >= 15 is 0 Å². The van der Waals surface area contributed by atoms with Crippen LogP contribution in [0.15, 0.2) is 66.6 Å². The fraction of sp³-hybridized carbons (Fsp3) is 0.136. The third kappa shape index (κ3) is 5.32. The summed E-state index contributed by atoms with van der Waals surface area (Å²) in [5, 5.41) is 20.0. The largest absolute Gasteiger partial charge is 0.493 e. The van der Waals surface area contributed by atoms with Gasteiger partial charge in [-0.15, -0.1) is 10.2 Å². The molecule has 0 fully saturated rings. The molecule has 168 valence electrons. The van der Waals surface area contributed by atoms with Crippen molar-refractivity contribution in [1.29, 1.82) is 5.41 Å². The SMILES string of the molecule is N=C(/C=C(\Nc1ccc(NC(=O)c2ccc3c(c2)CCO3)nn1)C(F)(F)F)c1cccnc1. The summed E-state index contributed by atoms with van der Waals surface area (Å²) in [5.74, 6) is 0.181. The zero-order valence-corrected chi connectivity index (χ0v) is 17.0. The molecule has 1 amide bonds. The Labute approximate surface area is 186 Å². The highest BCUT2D eigenvalue weighted by atomic mass is 19.4. The summed E-state index contributed by atoms with van der Waals surface area (Å²) in [6.45, 7) is 0.566. The smallest absolute Gasteiger partial charge is 0.431 e. The average Bonchev–Trinajstić information content (AvgIpc) is 3.27. The van der Waals surface area contributed by atoms with Crippen LogP contribution in [-0.2, 0) is 6.42 Å². The summed E-state index contributed by atoms with van der Waals surface area (Å²) in [6.07, 6.45) is -0.660. The molecule has 0 atom stereocenters. The van der Waals surface area contributed by atoms with Gasteiger partial charge in [-0.3, -0.25) is 9.78 Å². The van der Waals surface area contributed by atoms with Crippen LogP contribution in [0.25, 0.3) is 0 Å². The molecule has 0 spiro atoms. The molecular formula is C22H17F3N6O2. The third-order valence-electron chi connectivity index (χ3n) is 4.69. The number of carbonyl (C=O) groups is 1. The van der Waals surface area contributed by atoms with E-state index in [0.29, 0.717) is 24.7 Å². The monoisotopic (exact) mass is 454 g/mol. The zero-order chi connectivity index (χ0) is 23.4. The minimum Gasteiger partial charge on any atom is -0.493 e. The number of nitrogens with zero attached hydrogens (tertiary/aromatic N) is 3. The maximum absolute atomic E-state index is 13.5. The van der Waals surface area contributed by atoms with Crippen LogP contribution in [0.5, 0.6) is 5.75 Å². The molecule has 0 bridgehead atoms. The van der Waals surface area contributed by atoms with Gasteiger partial charge in [-0.1, -0.05) is 0 Å². The lowest BCUT2D eigenvalue weighted by Gasteiger charge is -2.14. The Morgan fingerprint density at radius 3 is 2.48 bits per heavy atom. The molecule has 1 aromatic carbocycles. The van der Waals surface area contributed by atoms with E-state index in [1.54, 1.807) is 18.2 Å². The average molecular weight is 454 g/mol. The number of halogens is 3. The number of carbonyl (C=O) groups excluding carboxylic acids is 1. The van der Waals surface area contributed by atoms with Crippen molar-refractivity contribution in [3.63, 3.8) is 0 Å². The number of anilines is 2. The van der Waals surface area contributed by atoms with Gasteiger partial charge in [-0.2, -0.15) is 13.2 Å². The zero-order valence-electron chi connectivity index (χ0n) is 17.0. The number of alkyl halides is 3. The number of ether oxygens (including phenoxy) is 1. The molecule has 8 nitrogen and oxygen atoms in total. The van der Waals surface area contributed by atoms with E-state index in [1.165, 1.54) is 36.7 Å². The van der Waals surface area contributed by atoms with Crippen molar-refractivity contribution in [3.05, 3.63) is 83.3 Å². The first kappa shape index (κ1) is 21.9. The van der Waals surface area contributed by atoms with Crippen molar-refractivity contribution < 1.29 is 22.7 Å². The van der Waals surface area contributed by atoms with E-state index in [-0.39, 0.29) is 22.9 Å². The second-order valence-corrected chi connectivity index (χ2v) is 7.02. The van der Waals surface area contributed by atoms with Crippen LogP contribution in [-0.4, -0.2) is 39.6 Å². The van der Waals surface area contributed by atoms with Gasteiger partial charge in [0.15, 0.2) is 11.6 Å². The van der Waals surface area contributed by atoms with Crippen LogP contribution in [0.3, 0.4) is 0 Å². The van der Waals surface area contributed by atoms with Gasteiger partial charge in [0, 0.05) is 29.9 Å². The minimum atomic E-state index is -4.76. The molecule has 0 aliphatic carbocycles. The van der Waals surface area contributed by atoms with Gasteiger partial charge in [-0.05, 0) is 54.1 Å². The molecule has 33 heavy (non-hydrogen) atoms. The first-order valence-corrected chi connectivity index (χ1v) is 9.75. The highest BCUT2D eigenvalue weighted by Gasteiger charge is 2.34. The standard InChI is InChI=1S/C22H17F3N6O2/c23-22(24,25)18(11-16(26)15-2-1-8-27-12-15)28-19-5-6-20(31-30-19)29-21(32)14-3-4-17-13(10-14)7-9-33-17/h1-6,8,10-12,26H,7,9H2,(H,28,30)(H,29,31,32)/b18-11-,26-16?. The van der Waals surface area contributed by atoms with Gasteiger partial charge >= 0.3 is 6.18 Å². The summed E-state index contributed by atoms with van der Waals surface area (Å²) in [5.41, 5.74) is -0.0123. The van der Waals surface area contributed by atoms with Crippen LogP contribution >= 0.6 is 0 Å². The van der Waals surface area contributed by atoms with Crippen molar-refractivity contribution in [1.82, 2.24) is 15.2 Å². The van der Waals surface area contributed by atoms with Crippen molar-refractivity contribution >= 4 is 23.3 Å². The van der Waals surface area contributed by atoms with Gasteiger partial charge in [-0.25, -0.2) is 0 Å². The number of benzene rings is 1. The topological polar surface area (TPSA) is 113 Å². The summed E-state index contributed by atoms with van der Waals surface area (Å²) in [4.78, 5) is 16.2. The van der Waals surface area contributed by atoms with Crippen molar-refractivity contribution in [3.8, 4) is 5.75 Å². The molecule has 0 saturated heterocycles. The van der Waals surface area contributed by atoms with E-state index in [1.807, 2.05) is 0 Å². The van der Waals surface area contributed by atoms with E-state index in [0.717, 1.165) is 11.3 Å². The van der Waals surface area contributed by atoms with E-state index in [4.69, 9.17) is 10.1 Å². The van der Waals surface area contributed by atoms with E-state index in [2.05, 4.69) is 25.8 Å². The summed E-state index contributed by atoms with van der Waals surface area (Å²) in [7, 11) is 0. The summed E-state index contributed by atoms with van der Waals surface area (Å²) >= 11 is 0. The third-order valence-corrected chi connectivity index (χ3v) is 4.69. The number of pyridine rings is 1. The number of aromatic nitrogens is 3. The first-order chi connectivity index (χ1) is 15.8. The molecule has 11 heteroatoms. The molecular weight excluding hydrogens is 437 g/mol. The summed E-state index contributed by atoms with van der Waals surface area (Å²) < 4.78 is 45.8. The molecule has 0 unspecified atom stereocenters. The number of allylic oxidation sites excluding steroid dienone is 2. The van der Waals surface area contributed by atoms with Gasteiger partial charge in [0.25, 0.3) is 5.91 Å². The van der Waals surface area contributed by atoms with E-state index < -0.39 is 17.8 Å². The molecule has 1 aliphatic heterocycles. The Kier molecular flexibility index (Phi) is 6.03. The Morgan fingerprint density at radius 2 is 1.82 bits per heavy atom. The van der Waals surface area contributed by atoms with Crippen molar-refractivity contribution in [2.24, 2.45) is 0 Å². The van der Waals surface area contributed by atoms with Gasteiger partial charge in [0.05, 0.1) is 12.3 Å². The number of rotatable bonds is 6. The van der Waals surface area contributed by atoms with E-state index in [9.17, 15) is 18.0 Å². The van der Waals surface area contributed by atoms with Crippen molar-refractivity contribution in [2.45, 2.75) is 12.6 Å². The molecule has 3 aromatic rings. The van der Waals surface area contributed by atoms with Crippen LogP contribution in [0.2, 0.25) is 0 Å². The van der Waals surface area contributed by atoms with Crippen LogP contribution in [0.1, 0.15) is 21.5 Å². The van der Waals surface area contributed by atoms with Gasteiger partial charge in [0.2, 0.25) is 0 Å². The maximum atomic E-state index is 13.5. The fourth-order valence-electron chi connectivity index (χ4n) is 3.06. The fourth-order valence-corrected chi connectivity index (χ4v) is 3.06. The molecule has 4 rings (SSSR count). The Morgan fingerprint density at radius 1 is 1.06 bits per heavy atom.